The summed E-state index contributed by atoms with van der Waals surface area (Å²) in [6, 6.07) is 16.9. The molecule has 128 valence electrons. The molecule has 24 heavy (non-hydrogen) atoms. The smallest absolute Gasteiger partial charge is 0.243 e. The van der Waals surface area contributed by atoms with Crippen molar-refractivity contribution in [2.75, 3.05) is 20.1 Å². The quantitative estimate of drug-likeness (QED) is 0.650. The lowest BCUT2D eigenvalue weighted by Gasteiger charge is -2.28. The monoisotopic (exact) mass is 456 g/mol. The Morgan fingerprint density at radius 2 is 1.79 bits per heavy atom. The maximum Gasteiger partial charge on any atom is 0.243 e. The molecule has 4 nitrogen and oxygen atoms in total. The second-order valence-corrected chi connectivity index (χ2v) is 9.33. The van der Waals surface area contributed by atoms with E-state index in [-0.39, 0.29) is 6.04 Å². The highest BCUT2D eigenvalue weighted by Gasteiger charge is 2.34. The molecule has 0 spiro atoms. The average molecular weight is 456 g/mol. The number of nitrogens with zero attached hydrogens (tertiary/aromatic N) is 2. The van der Waals surface area contributed by atoms with Gasteiger partial charge in [-0.3, -0.25) is 0 Å². The van der Waals surface area contributed by atoms with Crippen LogP contribution in [0, 0.1) is 3.57 Å². The fourth-order valence-electron chi connectivity index (χ4n) is 3.06. The van der Waals surface area contributed by atoms with Crippen molar-refractivity contribution in [2.45, 2.75) is 23.9 Å². The van der Waals surface area contributed by atoms with Crippen molar-refractivity contribution in [1.82, 2.24) is 9.21 Å². The van der Waals surface area contributed by atoms with Gasteiger partial charge in [-0.1, -0.05) is 30.3 Å². The fourth-order valence-corrected chi connectivity index (χ4v) is 5.06. The first-order valence-electron chi connectivity index (χ1n) is 7.97. The molecule has 1 saturated heterocycles. The highest BCUT2D eigenvalue weighted by Crippen LogP contribution is 2.26. The van der Waals surface area contributed by atoms with Crippen LogP contribution in [0.1, 0.15) is 12.0 Å². The first-order chi connectivity index (χ1) is 11.5. The molecule has 0 saturated carbocycles. The number of likely N-dealkylation sites (tertiary alicyclic amines) is 1. The van der Waals surface area contributed by atoms with E-state index in [0.717, 1.165) is 28.6 Å². The summed E-state index contributed by atoms with van der Waals surface area (Å²) in [5.41, 5.74) is 1.01. The number of sulfonamides is 1. The summed E-state index contributed by atoms with van der Waals surface area (Å²) >= 11 is 2.19. The van der Waals surface area contributed by atoms with Gasteiger partial charge in [0.1, 0.15) is 0 Å². The molecule has 1 heterocycles. The van der Waals surface area contributed by atoms with Crippen molar-refractivity contribution in [2.24, 2.45) is 0 Å². The minimum atomic E-state index is -3.52. The Hall–Kier alpha value is -0.960. The first-order valence-corrected chi connectivity index (χ1v) is 10.5. The van der Waals surface area contributed by atoms with Gasteiger partial charge in [0.05, 0.1) is 4.90 Å². The molecule has 1 aliphatic heterocycles. The van der Waals surface area contributed by atoms with E-state index in [1.54, 1.807) is 16.4 Å². The highest BCUT2D eigenvalue weighted by molar-refractivity contribution is 14.1. The second kappa shape index (κ2) is 7.51. The normalized spacial score (nSPS) is 19.0. The second-order valence-electron chi connectivity index (χ2n) is 6.19. The molecule has 0 amide bonds. The van der Waals surface area contributed by atoms with Gasteiger partial charge in [0, 0.05) is 22.7 Å². The topological polar surface area (TPSA) is 40.6 Å². The summed E-state index contributed by atoms with van der Waals surface area (Å²) in [5, 5.41) is 0. The van der Waals surface area contributed by atoms with Crippen molar-refractivity contribution in [1.29, 1.82) is 0 Å². The van der Waals surface area contributed by atoms with Gasteiger partial charge in [-0.25, -0.2) is 8.42 Å². The summed E-state index contributed by atoms with van der Waals surface area (Å²) in [6.07, 6.45) is 0.868. The van der Waals surface area contributed by atoms with Crippen LogP contribution in [-0.4, -0.2) is 43.8 Å². The van der Waals surface area contributed by atoms with E-state index in [1.165, 1.54) is 0 Å². The molecule has 0 aromatic heterocycles. The molecule has 1 fully saturated rings. The van der Waals surface area contributed by atoms with Crippen LogP contribution in [0.4, 0.5) is 0 Å². The summed E-state index contributed by atoms with van der Waals surface area (Å²) in [6.45, 7) is 2.11. The Kier molecular flexibility index (Phi) is 5.59. The Morgan fingerprint density at radius 3 is 2.38 bits per heavy atom. The Bertz CT molecular complexity index is 778. The molecule has 1 atom stereocenters. The van der Waals surface area contributed by atoms with Crippen molar-refractivity contribution >= 4 is 32.6 Å². The molecule has 6 heteroatoms. The average Bonchev–Trinajstić information content (AvgIpc) is 3.00. The predicted molar refractivity (Wildman–Crippen MR) is 104 cm³/mol. The Labute approximate surface area is 157 Å². The van der Waals surface area contributed by atoms with Gasteiger partial charge in [-0.05, 0) is 72.4 Å². The number of hydrogen-bond acceptors (Lipinski definition) is 3. The van der Waals surface area contributed by atoms with Crippen LogP contribution in [-0.2, 0) is 16.6 Å². The van der Waals surface area contributed by atoms with Crippen LogP contribution in [0.15, 0.2) is 59.5 Å². The van der Waals surface area contributed by atoms with Crippen LogP contribution in [0.5, 0.6) is 0 Å². The zero-order chi connectivity index (χ0) is 17.2. The van der Waals surface area contributed by atoms with E-state index >= 15 is 0 Å². The Morgan fingerprint density at radius 1 is 1.12 bits per heavy atom. The van der Waals surface area contributed by atoms with E-state index in [9.17, 15) is 8.42 Å². The highest BCUT2D eigenvalue weighted by atomic mass is 127. The fraction of sp³-hybridized carbons (Fsp3) is 0.333. The molecule has 1 aliphatic rings. The number of benzene rings is 2. The van der Waals surface area contributed by atoms with Crippen LogP contribution >= 0.6 is 22.6 Å². The van der Waals surface area contributed by atoms with E-state index in [0.29, 0.717) is 11.4 Å². The number of likely N-dealkylation sites (N-methyl/N-ethyl adjacent to an activating group) is 1. The van der Waals surface area contributed by atoms with Crippen LogP contribution < -0.4 is 0 Å². The summed E-state index contributed by atoms with van der Waals surface area (Å²) in [5.74, 6) is 0. The summed E-state index contributed by atoms with van der Waals surface area (Å²) in [7, 11) is -1.48. The van der Waals surface area contributed by atoms with Gasteiger partial charge < -0.3 is 4.90 Å². The third kappa shape index (κ3) is 3.99. The van der Waals surface area contributed by atoms with Crippen LogP contribution in [0.2, 0.25) is 0 Å². The number of hydrogen-bond donors (Lipinski definition) is 0. The maximum absolute atomic E-state index is 13.2. The largest absolute Gasteiger partial charge is 0.305 e. The lowest BCUT2D eigenvalue weighted by molar-refractivity contribution is 0.304. The molecule has 0 bridgehead atoms. The third-order valence-corrected chi connectivity index (χ3v) is 7.01. The molecule has 3 rings (SSSR count). The summed E-state index contributed by atoms with van der Waals surface area (Å²) < 4.78 is 29.2. The SMILES string of the molecule is CN1CCC(N(Cc2ccccc2)S(=O)(=O)c2ccc(I)cc2)C1. The molecule has 2 aromatic rings. The van der Waals surface area contributed by atoms with Crippen molar-refractivity contribution in [3.63, 3.8) is 0 Å². The molecule has 2 aromatic carbocycles. The van der Waals surface area contributed by atoms with Crippen molar-refractivity contribution in [3.05, 3.63) is 63.7 Å². The van der Waals surface area contributed by atoms with Crippen LogP contribution in [0.25, 0.3) is 0 Å². The minimum absolute atomic E-state index is 0.0134. The van der Waals surface area contributed by atoms with Gasteiger partial charge in [0.2, 0.25) is 10.0 Å². The standard InChI is InChI=1S/C18H21IN2O2S/c1-20-12-11-17(14-20)21(13-15-5-3-2-4-6-15)24(22,23)18-9-7-16(19)8-10-18/h2-10,17H,11-14H2,1H3. The van der Waals surface area contributed by atoms with Gasteiger partial charge in [-0.15, -0.1) is 0 Å². The predicted octanol–water partition coefficient (Wildman–Crippen LogP) is 3.19. The van der Waals surface area contributed by atoms with Gasteiger partial charge >= 0.3 is 0 Å². The lowest BCUT2D eigenvalue weighted by atomic mass is 10.2. The van der Waals surface area contributed by atoms with Crippen molar-refractivity contribution < 1.29 is 8.42 Å². The number of rotatable bonds is 5. The zero-order valence-corrected chi connectivity index (χ0v) is 16.6. The summed E-state index contributed by atoms with van der Waals surface area (Å²) in [4.78, 5) is 2.56. The van der Waals surface area contributed by atoms with Crippen LogP contribution in [0.3, 0.4) is 0 Å². The molecule has 0 aliphatic carbocycles. The number of halogens is 1. The first kappa shape index (κ1) is 17.8. The van der Waals surface area contributed by atoms with Gasteiger partial charge in [-0.2, -0.15) is 4.31 Å². The lowest BCUT2D eigenvalue weighted by Crippen LogP contribution is -2.41. The molecular formula is C18H21IN2O2S. The minimum Gasteiger partial charge on any atom is -0.305 e. The molecule has 0 N–H and O–H groups in total. The van der Waals surface area contributed by atoms with Crippen molar-refractivity contribution in [3.8, 4) is 0 Å². The Balaban J connectivity index is 1.95. The molecular weight excluding hydrogens is 435 g/mol. The van der Waals surface area contributed by atoms with E-state index in [2.05, 4.69) is 27.5 Å². The molecule has 1 unspecified atom stereocenters. The molecule has 0 radical (unpaired) electrons. The van der Waals surface area contributed by atoms with Gasteiger partial charge in [0.15, 0.2) is 0 Å². The van der Waals surface area contributed by atoms with E-state index < -0.39 is 10.0 Å². The third-order valence-electron chi connectivity index (χ3n) is 4.38. The maximum atomic E-state index is 13.2. The van der Waals surface area contributed by atoms with E-state index in [4.69, 9.17) is 0 Å². The zero-order valence-electron chi connectivity index (χ0n) is 13.6. The van der Waals surface area contributed by atoms with Gasteiger partial charge in [0.25, 0.3) is 0 Å². The van der Waals surface area contributed by atoms with E-state index in [1.807, 2.05) is 49.5 Å².